The molecule has 0 aromatic rings. The Balaban J connectivity index is 1.70. The third-order valence-electron chi connectivity index (χ3n) is 8.08. The fourth-order valence-electron chi connectivity index (χ4n) is 6.15. The van der Waals surface area contributed by atoms with Crippen molar-refractivity contribution in [2.24, 2.45) is 46.3 Å². The number of fused-ring (bicyclic) bond motifs is 2. The maximum atomic E-state index is 2.56. The summed E-state index contributed by atoms with van der Waals surface area (Å²) >= 11 is 0. The van der Waals surface area contributed by atoms with Gasteiger partial charge in [-0.3, -0.25) is 0 Å². The molecule has 0 heterocycles. The van der Waals surface area contributed by atoms with Crippen LogP contribution in [-0.2, 0) is 0 Å². The van der Waals surface area contributed by atoms with E-state index in [4.69, 9.17) is 0 Å². The van der Waals surface area contributed by atoms with Gasteiger partial charge in [0.05, 0.1) is 0 Å². The second-order valence-electron chi connectivity index (χ2n) is 10.1. The van der Waals surface area contributed by atoms with Crippen LogP contribution in [0.2, 0.25) is 0 Å². The summed E-state index contributed by atoms with van der Waals surface area (Å²) in [5, 5.41) is 0. The van der Waals surface area contributed by atoms with Crippen LogP contribution >= 0.6 is 0 Å². The highest BCUT2D eigenvalue weighted by Gasteiger charge is 2.56. The normalized spacial score (nSPS) is 47.7. The van der Waals surface area contributed by atoms with E-state index in [1.807, 2.05) is 0 Å². The highest BCUT2D eigenvalue weighted by molar-refractivity contribution is 5.05. The van der Waals surface area contributed by atoms with Gasteiger partial charge in [0.15, 0.2) is 0 Å². The van der Waals surface area contributed by atoms with Crippen molar-refractivity contribution in [3.05, 3.63) is 0 Å². The summed E-state index contributed by atoms with van der Waals surface area (Å²) < 4.78 is 0. The first-order valence-electron chi connectivity index (χ1n) is 9.21. The molecule has 0 spiro atoms. The van der Waals surface area contributed by atoms with E-state index in [9.17, 15) is 0 Å². The number of hydrogen-bond donors (Lipinski definition) is 0. The Bertz CT molecular complexity index is 355. The Morgan fingerprint density at radius 3 is 2.10 bits per heavy atom. The first-order chi connectivity index (χ1) is 9.21. The van der Waals surface area contributed by atoms with Crippen LogP contribution in [0.15, 0.2) is 0 Å². The van der Waals surface area contributed by atoms with Crippen LogP contribution in [0, 0.1) is 46.3 Å². The smallest absolute Gasteiger partial charge is 0.0297 e. The Kier molecular flexibility index (Phi) is 3.54. The molecule has 2 bridgehead atoms. The zero-order chi connectivity index (χ0) is 14.7. The fraction of sp³-hybridized carbons (Fsp3) is 1.00. The van der Waals surface area contributed by atoms with Crippen LogP contribution in [-0.4, -0.2) is 0 Å². The second-order valence-corrected chi connectivity index (χ2v) is 10.1. The average Bonchev–Trinajstić information content (AvgIpc) is 2.89. The molecule has 3 saturated carbocycles. The van der Waals surface area contributed by atoms with Crippen molar-refractivity contribution in [2.45, 2.75) is 80.1 Å². The van der Waals surface area contributed by atoms with E-state index in [1.165, 1.54) is 25.7 Å². The van der Waals surface area contributed by atoms with Gasteiger partial charge in [-0.1, -0.05) is 54.4 Å². The molecule has 0 nitrogen and oxygen atoms in total. The zero-order valence-corrected chi connectivity index (χ0v) is 14.7. The topological polar surface area (TPSA) is 0 Å². The van der Waals surface area contributed by atoms with Gasteiger partial charge in [0, 0.05) is 0 Å². The Labute approximate surface area is 127 Å². The summed E-state index contributed by atoms with van der Waals surface area (Å²) in [6.07, 6.45) is 9.16. The minimum Gasteiger partial charge on any atom is -0.0617 e. The summed E-state index contributed by atoms with van der Waals surface area (Å²) in [5.74, 6) is 6.15. The first-order valence-corrected chi connectivity index (χ1v) is 9.21. The molecule has 3 aliphatic rings. The Hall–Kier alpha value is 0. The predicted octanol–water partition coefficient (Wildman–Crippen LogP) is 6.16. The molecule has 20 heavy (non-hydrogen) atoms. The highest BCUT2D eigenvalue weighted by atomic mass is 14.6. The van der Waals surface area contributed by atoms with Crippen LogP contribution in [0.1, 0.15) is 80.1 Å². The lowest BCUT2D eigenvalue weighted by atomic mass is 9.59. The number of hydrogen-bond acceptors (Lipinski definition) is 0. The van der Waals surface area contributed by atoms with Gasteiger partial charge in [0.25, 0.3) is 0 Å². The van der Waals surface area contributed by atoms with Gasteiger partial charge < -0.3 is 0 Å². The average molecular weight is 277 g/mol. The molecule has 6 atom stereocenters. The standard InChI is InChI=1S/C20H36/c1-13-17-11-16(20(13,5)6)12-18(17)14-8-7-9-15(10-14)19(2,3)4/h13-18H,7-12H2,1-6H3/t13?,14?,15?,16-,17-,18?/m0/s1. The van der Waals surface area contributed by atoms with Crippen LogP contribution < -0.4 is 0 Å². The Morgan fingerprint density at radius 2 is 1.55 bits per heavy atom. The highest BCUT2D eigenvalue weighted by Crippen LogP contribution is 2.64. The summed E-state index contributed by atoms with van der Waals surface area (Å²) in [5.41, 5.74) is 1.15. The van der Waals surface area contributed by atoms with Crippen LogP contribution in [0.3, 0.4) is 0 Å². The summed E-state index contributed by atoms with van der Waals surface area (Å²) in [6.45, 7) is 15.0. The van der Waals surface area contributed by atoms with Crippen molar-refractivity contribution < 1.29 is 0 Å². The maximum Gasteiger partial charge on any atom is -0.0297 e. The number of rotatable bonds is 1. The molecule has 0 aromatic heterocycles. The van der Waals surface area contributed by atoms with Gasteiger partial charge >= 0.3 is 0 Å². The van der Waals surface area contributed by atoms with Gasteiger partial charge in [0.2, 0.25) is 0 Å². The summed E-state index contributed by atoms with van der Waals surface area (Å²) in [4.78, 5) is 0. The quantitative estimate of drug-likeness (QED) is 0.538. The lowest BCUT2D eigenvalue weighted by Gasteiger charge is -2.46. The molecule has 0 radical (unpaired) electrons. The first kappa shape index (κ1) is 14.9. The maximum absolute atomic E-state index is 2.56. The molecule has 3 fully saturated rings. The Morgan fingerprint density at radius 1 is 0.900 bits per heavy atom. The predicted molar refractivity (Wildman–Crippen MR) is 87.6 cm³/mol. The molecule has 0 N–H and O–H groups in total. The van der Waals surface area contributed by atoms with Gasteiger partial charge in [-0.05, 0) is 72.0 Å². The van der Waals surface area contributed by atoms with E-state index >= 15 is 0 Å². The molecule has 0 heteroatoms. The van der Waals surface area contributed by atoms with E-state index < -0.39 is 0 Å². The van der Waals surface area contributed by atoms with Crippen molar-refractivity contribution >= 4 is 0 Å². The van der Waals surface area contributed by atoms with Gasteiger partial charge in [-0.2, -0.15) is 0 Å². The van der Waals surface area contributed by atoms with Gasteiger partial charge in [0.1, 0.15) is 0 Å². The van der Waals surface area contributed by atoms with E-state index in [0.717, 1.165) is 35.5 Å². The fourth-order valence-corrected chi connectivity index (χ4v) is 6.15. The van der Waals surface area contributed by atoms with E-state index in [1.54, 1.807) is 12.8 Å². The lowest BCUT2D eigenvalue weighted by Crippen LogP contribution is -2.38. The molecule has 3 aliphatic carbocycles. The largest absolute Gasteiger partial charge is 0.0617 e. The molecule has 3 rings (SSSR count). The van der Waals surface area contributed by atoms with E-state index in [2.05, 4.69) is 41.5 Å². The van der Waals surface area contributed by atoms with Crippen LogP contribution in [0.25, 0.3) is 0 Å². The molecule has 0 aliphatic heterocycles. The molecule has 0 saturated heterocycles. The van der Waals surface area contributed by atoms with Crippen molar-refractivity contribution in [2.75, 3.05) is 0 Å². The molecule has 0 amide bonds. The molecule has 0 aromatic carbocycles. The van der Waals surface area contributed by atoms with Crippen molar-refractivity contribution in [3.63, 3.8) is 0 Å². The van der Waals surface area contributed by atoms with Crippen LogP contribution in [0.4, 0.5) is 0 Å². The summed E-state index contributed by atoms with van der Waals surface area (Å²) in [6, 6.07) is 0. The lowest BCUT2D eigenvalue weighted by molar-refractivity contribution is 0.0336. The van der Waals surface area contributed by atoms with Gasteiger partial charge in [-0.15, -0.1) is 0 Å². The third-order valence-corrected chi connectivity index (χ3v) is 8.08. The van der Waals surface area contributed by atoms with Gasteiger partial charge in [-0.25, -0.2) is 0 Å². The van der Waals surface area contributed by atoms with Crippen LogP contribution in [0.5, 0.6) is 0 Å². The minimum atomic E-state index is 0.529. The zero-order valence-electron chi connectivity index (χ0n) is 14.7. The molecule has 116 valence electrons. The molecule has 4 unspecified atom stereocenters. The minimum absolute atomic E-state index is 0.529. The van der Waals surface area contributed by atoms with Crippen molar-refractivity contribution in [1.29, 1.82) is 0 Å². The monoisotopic (exact) mass is 276 g/mol. The SMILES string of the molecule is CC1[C@@H]2C[C@@H](CC2C2CCCC(C(C)(C)C)C2)C1(C)C. The summed E-state index contributed by atoms with van der Waals surface area (Å²) in [7, 11) is 0. The van der Waals surface area contributed by atoms with E-state index in [-0.39, 0.29) is 0 Å². The third kappa shape index (κ3) is 2.26. The van der Waals surface area contributed by atoms with E-state index in [0.29, 0.717) is 10.8 Å². The van der Waals surface area contributed by atoms with Crippen molar-refractivity contribution in [3.8, 4) is 0 Å². The second kappa shape index (κ2) is 4.75. The molecular formula is C20H36. The molecular weight excluding hydrogens is 240 g/mol. The van der Waals surface area contributed by atoms with Crippen molar-refractivity contribution in [1.82, 2.24) is 0 Å².